The molecule has 17 heteroatoms. The summed E-state index contributed by atoms with van der Waals surface area (Å²) in [5, 5.41) is 26.8. The highest BCUT2D eigenvalue weighted by atomic mass is 31.2. The van der Waals surface area contributed by atoms with Crippen molar-refractivity contribution in [3.05, 3.63) is 89.0 Å². The lowest BCUT2D eigenvalue weighted by Gasteiger charge is -2.59. The molecule has 0 aromatic heterocycles. The fraction of sp³-hybridized carbons (Fsp3) is 0.683. The number of benzene rings is 2. The van der Waals surface area contributed by atoms with E-state index in [1.165, 1.54) is 11.6 Å². The van der Waals surface area contributed by atoms with Gasteiger partial charge in [-0.15, -0.1) is 0 Å². The molecular formula is C60H87N3O13P+. The van der Waals surface area contributed by atoms with Gasteiger partial charge in [0, 0.05) is 61.1 Å². The number of likely N-dealkylation sites (N-methyl/N-ethyl adjacent to an activating group) is 1. The lowest BCUT2D eigenvalue weighted by atomic mass is 9.46. The van der Waals surface area contributed by atoms with Crippen molar-refractivity contribution in [2.24, 2.45) is 34.5 Å². The van der Waals surface area contributed by atoms with Crippen LogP contribution in [0.15, 0.2) is 72.3 Å². The van der Waals surface area contributed by atoms with Crippen LogP contribution in [0.3, 0.4) is 0 Å². The van der Waals surface area contributed by atoms with Gasteiger partial charge < -0.3 is 43.5 Å². The zero-order valence-corrected chi connectivity index (χ0v) is 46.8. The molecule has 5 aliphatic carbocycles. The molecule has 77 heavy (non-hydrogen) atoms. The summed E-state index contributed by atoms with van der Waals surface area (Å²) in [5.74, 6) is -0.683. The van der Waals surface area contributed by atoms with Crippen molar-refractivity contribution >= 4 is 25.4 Å². The largest absolute Gasteiger partial charge is 0.524 e. The Morgan fingerprint density at radius 1 is 0.961 bits per heavy atom. The van der Waals surface area contributed by atoms with Crippen LogP contribution in [0.1, 0.15) is 133 Å². The number of ketones is 2. The maximum atomic E-state index is 15.0. The molecule has 6 fully saturated rings. The summed E-state index contributed by atoms with van der Waals surface area (Å²) in [6, 6.07) is 15.4. The summed E-state index contributed by atoms with van der Waals surface area (Å²) in [7, 11) is -2.84. The minimum atomic E-state index is -4.89. The SMILES string of the molecule is C[C@]12C=CC(=O)C=C1CC[C@@H]1[C@@H]2[C@@H](O)C[C@@]2(C)[C@H]1C[C@H]1O[C@@H](C3CCCCC3)O[C@]12C(=O)COC(=O)CN1CC[N+](C)(Cc2cc(C(O)CNCCCCCCOCCCCc3ccccc3)ccc2OP(=O)(O)O)CC1. The second-order valence-electron chi connectivity index (χ2n) is 24.4. The van der Waals surface area contributed by atoms with Crippen LogP contribution in [0, 0.1) is 34.5 Å². The highest BCUT2D eigenvalue weighted by Gasteiger charge is 2.76. The number of phosphoric acid groups is 1. The molecule has 9 rings (SSSR count). The second kappa shape index (κ2) is 25.0. The first-order valence-electron chi connectivity index (χ1n) is 29.0. The number of quaternary nitrogens is 1. The van der Waals surface area contributed by atoms with E-state index in [4.69, 9.17) is 23.5 Å². The number of carbonyl (C=O) groups is 3. The lowest BCUT2D eigenvalue weighted by Crippen LogP contribution is -2.64. The van der Waals surface area contributed by atoms with Crippen molar-refractivity contribution in [2.45, 2.75) is 153 Å². The van der Waals surface area contributed by atoms with E-state index in [2.05, 4.69) is 50.5 Å². The summed E-state index contributed by atoms with van der Waals surface area (Å²) < 4.78 is 43.4. The van der Waals surface area contributed by atoms with Crippen molar-refractivity contribution in [2.75, 3.05) is 72.7 Å². The third-order valence-electron chi connectivity index (χ3n) is 19.1. The van der Waals surface area contributed by atoms with Crippen LogP contribution in [0.4, 0.5) is 0 Å². The number of ether oxygens (including phenoxy) is 4. The first kappa shape index (κ1) is 58.0. The maximum Gasteiger partial charge on any atom is 0.524 e. The molecule has 2 aliphatic heterocycles. The first-order valence-corrected chi connectivity index (χ1v) is 30.5. The molecule has 4 saturated carbocycles. The summed E-state index contributed by atoms with van der Waals surface area (Å²) in [6.07, 6.45) is 17.8. The Balaban J connectivity index is 0.750. The van der Waals surface area contributed by atoms with Gasteiger partial charge in [-0.2, -0.15) is 0 Å². The van der Waals surface area contributed by atoms with E-state index in [9.17, 15) is 34.2 Å². The Morgan fingerprint density at radius 2 is 1.70 bits per heavy atom. The average Bonchev–Trinajstić information content (AvgIpc) is 3.96. The summed E-state index contributed by atoms with van der Waals surface area (Å²) in [6.45, 7) is 8.97. The fourth-order valence-electron chi connectivity index (χ4n) is 15.0. The Bertz CT molecular complexity index is 2470. The Morgan fingerprint density at radius 3 is 2.45 bits per heavy atom. The summed E-state index contributed by atoms with van der Waals surface area (Å²) in [4.78, 5) is 62.8. The molecular weight excluding hydrogens is 1000 g/mol. The molecule has 0 spiro atoms. The third kappa shape index (κ3) is 13.3. The smallest absolute Gasteiger partial charge is 0.457 e. The number of esters is 1. The van der Waals surface area contributed by atoms with Gasteiger partial charge in [0.1, 0.15) is 12.3 Å². The van der Waals surface area contributed by atoms with E-state index in [0.29, 0.717) is 67.7 Å². The Labute approximate surface area is 456 Å². The molecule has 0 radical (unpaired) electrons. The van der Waals surface area contributed by atoms with Crippen LogP contribution in [-0.2, 0) is 50.9 Å². The molecule has 2 aromatic carbocycles. The molecule has 16 nitrogen and oxygen atoms in total. The van der Waals surface area contributed by atoms with E-state index in [0.717, 1.165) is 115 Å². The standard InChI is InChI=1S/C60H86N3O13P/c1-58-26-25-47(64)35-46(58)22-23-48-49-36-54-60(59(49,2)37-50(65)56(48)58,75-57(74-54)43-19-10-7-11-20-43)53(67)41-73-55(68)39-62-28-30-63(3,31-29-62)40-45-34-44(21-24-52(45)76-77(69,70)71)51(66)38-61-27-13-4-5-14-32-72-33-15-12-18-42-16-8-6-9-17-42/h6,8-9,16-17,21,24-26,34-35,43,48-51,54,56-57,61,65-66H,4-5,7,10-15,18-20,22-23,27-33,36-41H2,1-3H3,(H-,69,70,71)/p+1/t48-,49-,50-,51?,54+,56+,57+,58-,59-,60+/m0/s1. The van der Waals surface area contributed by atoms with E-state index < -0.39 is 61.4 Å². The average molecular weight is 1090 g/mol. The first-order chi connectivity index (χ1) is 36.9. The van der Waals surface area contributed by atoms with E-state index in [-0.39, 0.29) is 47.5 Å². The van der Waals surface area contributed by atoms with Crippen molar-refractivity contribution in [3.63, 3.8) is 0 Å². The van der Waals surface area contributed by atoms with Crippen molar-refractivity contribution in [1.82, 2.24) is 10.2 Å². The van der Waals surface area contributed by atoms with Crippen molar-refractivity contribution in [3.8, 4) is 5.75 Å². The van der Waals surface area contributed by atoms with Gasteiger partial charge >= 0.3 is 13.8 Å². The van der Waals surface area contributed by atoms with Crippen LogP contribution < -0.4 is 9.84 Å². The monoisotopic (exact) mass is 1090 g/mol. The number of carbonyl (C=O) groups excluding carboxylic acids is 3. The van der Waals surface area contributed by atoms with Crippen LogP contribution in [-0.4, -0.2) is 144 Å². The number of aliphatic hydroxyl groups is 2. The summed E-state index contributed by atoms with van der Waals surface area (Å²) >= 11 is 0. The predicted molar refractivity (Wildman–Crippen MR) is 290 cm³/mol. The zero-order chi connectivity index (χ0) is 54.4. The molecule has 1 unspecified atom stereocenters. The van der Waals surface area contributed by atoms with Gasteiger partial charge in [0.05, 0.1) is 45.0 Å². The molecule has 0 bridgehead atoms. The number of nitrogens with zero attached hydrogens (tertiary/aromatic N) is 2. The number of Topliss-reactive ketones (excluding diaryl/α,β-unsaturated/α-hetero) is 1. The van der Waals surface area contributed by atoms with Crippen LogP contribution in [0.2, 0.25) is 0 Å². The Hall–Kier alpha value is -3.64. The Kier molecular flexibility index (Phi) is 18.9. The molecule has 7 aliphatic rings. The van der Waals surface area contributed by atoms with Crippen LogP contribution in [0.5, 0.6) is 5.75 Å². The normalized spacial score (nSPS) is 31.4. The number of hydrogen-bond donors (Lipinski definition) is 5. The minimum absolute atomic E-state index is 0.00918. The number of nitrogens with one attached hydrogen (secondary N) is 1. The predicted octanol–water partition coefficient (Wildman–Crippen LogP) is 7.70. The van der Waals surface area contributed by atoms with E-state index in [1.54, 1.807) is 24.3 Å². The molecule has 0 amide bonds. The van der Waals surface area contributed by atoms with Gasteiger partial charge in [0.15, 0.2) is 24.3 Å². The van der Waals surface area contributed by atoms with Gasteiger partial charge in [-0.05, 0) is 124 Å². The number of aryl methyl sites for hydroxylation is 1. The topological polar surface area (TPSA) is 211 Å². The number of phosphoric ester groups is 1. The number of allylic oxidation sites excluding steroid dienone is 4. The van der Waals surface area contributed by atoms with E-state index in [1.807, 2.05) is 17.0 Å². The molecule has 2 saturated heterocycles. The van der Waals surface area contributed by atoms with Crippen LogP contribution in [0.25, 0.3) is 0 Å². The van der Waals surface area contributed by atoms with Crippen molar-refractivity contribution < 1.29 is 66.9 Å². The van der Waals surface area contributed by atoms with Gasteiger partial charge in [-0.3, -0.25) is 29.1 Å². The number of piperazine rings is 1. The minimum Gasteiger partial charge on any atom is -0.457 e. The molecule has 424 valence electrons. The van der Waals surface area contributed by atoms with Gasteiger partial charge in [-0.1, -0.05) is 94.0 Å². The highest BCUT2D eigenvalue weighted by molar-refractivity contribution is 7.46. The molecule has 2 aromatic rings. The quantitative estimate of drug-likeness (QED) is 0.0279. The number of fused-ring (bicyclic) bond motifs is 7. The highest BCUT2D eigenvalue weighted by Crippen LogP contribution is 2.70. The van der Waals surface area contributed by atoms with Gasteiger partial charge in [-0.25, -0.2) is 4.57 Å². The lowest BCUT2D eigenvalue weighted by molar-refractivity contribution is -0.926. The maximum absolute atomic E-state index is 15.0. The number of unbranched alkanes of at least 4 members (excludes halogenated alkanes) is 4. The summed E-state index contributed by atoms with van der Waals surface area (Å²) in [5.41, 5.74) is 0.964. The van der Waals surface area contributed by atoms with E-state index >= 15 is 4.79 Å². The fourth-order valence-corrected chi connectivity index (χ4v) is 15.4. The molecule has 2 heterocycles. The number of hydrogen-bond acceptors (Lipinski definition) is 13. The number of rotatable bonds is 25. The van der Waals surface area contributed by atoms with Gasteiger partial charge in [0.2, 0.25) is 5.78 Å². The van der Waals surface area contributed by atoms with Crippen LogP contribution >= 0.6 is 7.82 Å². The number of aliphatic hydroxyl groups excluding tert-OH is 2. The van der Waals surface area contributed by atoms with Crippen molar-refractivity contribution in [1.29, 1.82) is 0 Å². The van der Waals surface area contributed by atoms with Gasteiger partial charge in [0.25, 0.3) is 0 Å². The second-order valence-corrected chi connectivity index (χ2v) is 25.6. The third-order valence-corrected chi connectivity index (χ3v) is 19.6. The molecule has 5 N–H and O–H groups in total. The zero-order valence-electron chi connectivity index (χ0n) is 45.9. The molecule has 10 atom stereocenters.